The molecule has 25 heavy (non-hydrogen) atoms. The van der Waals surface area contributed by atoms with Crippen molar-refractivity contribution >= 4 is 17.5 Å². The number of ether oxygens (including phenoxy) is 1. The molecule has 0 atom stereocenters. The first-order valence-electron chi connectivity index (χ1n) is 8.56. The van der Waals surface area contributed by atoms with Gasteiger partial charge in [0.1, 0.15) is 5.02 Å². The monoisotopic (exact) mass is 361 g/mol. The Kier molecular flexibility index (Phi) is 7.19. The van der Waals surface area contributed by atoms with Crippen molar-refractivity contribution in [3.8, 4) is 17.3 Å². The van der Waals surface area contributed by atoms with Crippen molar-refractivity contribution in [3.05, 3.63) is 41.0 Å². The van der Waals surface area contributed by atoms with Crippen LogP contribution in [-0.2, 0) is 4.79 Å². The molecule has 2 aromatic rings. The molecule has 1 aromatic carbocycles. The molecular formula is C19H24ClN3O2. The van der Waals surface area contributed by atoms with Gasteiger partial charge in [-0.15, -0.1) is 0 Å². The Morgan fingerprint density at radius 3 is 2.36 bits per heavy atom. The zero-order valence-electron chi connectivity index (χ0n) is 15.0. The van der Waals surface area contributed by atoms with Gasteiger partial charge in [0.05, 0.1) is 5.69 Å². The van der Waals surface area contributed by atoms with Crippen molar-refractivity contribution < 1.29 is 9.53 Å². The van der Waals surface area contributed by atoms with Crippen molar-refractivity contribution in [3.63, 3.8) is 0 Å². The minimum absolute atomic E-state index is 0.0581. The smallest absolute Gasteiger partial charge is 0.260 e. The molecule has 0 fully saturated rings. The van der Waals surface area contributed by atoms with Crippen molar-refractivity contribution in [2.45, 2.75) is 33.6 Å². The molecule has 6 heteroatoms. The number of aromatic nitrogens is 2. The molecule has 0 aliphatic heterocycles. The van der Waals surface area contributed by atoms with E-state index in [-0.39, 0.29) is 18.4 Å². The van der Waals surface area contributed by atoms with E-state index in [0.29, 0.717) is 16.5 Å². The highest BCUT2D eigenvalue weighted by molar-refractivity contribution is 6.32. The molecule has 1 heterocycles. The highest BCUT2D eigenvalue weighted by Crippen LogP contribution is 2.28. The molecule has 0 radical (unpaired) electrons. The number of hydrogen-bond donors (Lipinski definition) is 0. The molecule has 0 bridgehead atoms. The minimum atomic E-state index is -0.0790. The van der Waals surface area contributed by atoms with Gasteiger partial charge < -0.3 is 9.64 Å². The average molecular weight is 362 g/mol. The summed E-state index contributed by atoms with van der Waals surface area (Å²) < 4.78 is 5.64. The summed E-state index contributed by atoms with van der Waals surface area (Å²) in [6.45, 7) is 7.26. The number of nitrogens with zero attached hydrogens (tertiary/aromatic N) is 3. The second kappa shape index (κ2) is 9.37. The van der Waals surface area contributed by atoms with Gasteiger partial charge in [-0.05, 0) is 19.8 Å². The normalized spacial score (nSPS) is 10.6. The molecule has 134 valence electrons. The third kappa shape index (κ3) is 5.16. The Hall–Kier alpha value is -2.14. The van der Waals surface area contributed by atoms with E-state index in [1.807, 2.05) is 44.2 Å². The van der Waals surface area contributed by atoms with E-state index in [4.69, 9.17) is 16.3 Å². The number of aryl methyl sites for hydroxylation is 1. The molecule has 0 unspecified atom stereocenters. The molecule has 1 amide bonds. The number of hydrogen-bond acceptors (Lipinski definition) is 4. The Balaban J connectivity index is 2.16. The lowest BCUT2D eigenvalue weighted by Gasteiger charge is -2.21. The van der Waals surface area contributed by atoms with Crippen LogP contribution < -0.4 is 4.74 Å². The number of benzene rings is 1. The predicted octanol–water partition coefficient (Wildman–Crippen LogP) is 4.13. The fourth-order valence-electron chi connectivity index (χ4n) is 2.47. The van der Waals surface area contributed by atoms with Crippen LogP contribution in [0, 0.1) is 6.92 Å². The van der Waals surface area contributed by atoms with Gasteiger partial charge in [-0.3, -0.25) is 4.79 Å². The standard InChI is InChI=1S/C19H24ClN3O2/c1-4-11-23(12-5-2)16(24)13-25-19-17(20)14(3)21-18(22-19)15-9-7-6-8-10-15/h6-10H,4-5,11-13H2,1-3H3. The molecule has 0 aliphatic carbocycles. The van der Waals surface area contributed by atoms with Crippen LogP contribution in [0.4, 0.5) is 0 Å². The summed E-state index contributed by atoms with van der Waals surface area (Å²) in [6.07, 6.45) is 1.83. The summed E-state index contributed by atoms with van der Waals surface area (Å²) in [5, 5.41) is 0.338. The van der Waals surface area contributed by atoms with Crippen molar-refractivity contribution in [2.24, 2.45) is 0 Å². The Bertz CT molecular complexity index is 701. The number of rotatable bonds is 8. The van der Waals surface area contributed by atoms with Crippen LogP contribution in [0.25, 0.3) is 11.4 Å². The van der Waals surface area contributed by atoms with Gasteiger partial charge in [-0.2, -0.15) is 4.98 Å². The van der Waals surface area contributed by atoms with E-state index in [1.165, 1.54) is 0 Å². The number of carbonyl (C=O) groups excluding carboxylic acids is 1. The Labute approximate surface area is 154 Å². The van der Waals surface area contributed by atoms with Crippen LogP contribution >= 0.6 is 11.6 Å². The van der Waals surface area contributed by atoms with Gasteiger partial charge in [0.25, 0.3) is 5.91 Å². The van der Waals surface area contributed by atoms with Crippen LogP contribution in [0.1, 0.15) is 32.4 Å². The second-order valence-corrected chi connectivity index (χ2v) is 6.17. The lowest BCUT2D eigenvalue weighted by molar-refractivity contribution is -0.133. The summed E-state index contributed by atoms with van der Waals surface area (Å²) in [7, 11) is 0. The second-order valence-electron chi connectivity index (χ2n) is 5.79. The largest absolute Gasteiger partial charge is 0.466 e. The van der Waals surface area contributed by atoms with Gasteiger partial charge in [-0.25, -0.2) is 4.98 Å². The molecule has 0 aliphatic rings. The van der Waals surface area contributed by atoms with Crippen molar-refractivity contribution in [2.75, 3.05) is 19.7 Å². The van der Waals surface area contributed by atoms with E-state index < -0.39 is 0 Å². The molecule has 0 N–H and O–H groups in total. The lowest BCUT2D eigenvalue weighted by atomic mass is 10.2. The first kappa shape index (κ1) is 19.2. The van der Waals surface area contributed by atoms with Gasteiger partial charge in [0, 0.05) is 18.7 Å². The highest BCUT2D eigenvalue weighted by atomic mass is 35.5. The molecule has 0 saturated carbocycles. The average Bonchev–Trinajstić information content (AvgIpc) is 2.63. The first-order chi connectivity index (χ1) is 12.1. The van der Waals surface area contributed by atoms with Crippen LogP contribution in [0.15, 0.2) is 30.3 Å². The summed E-state index contributed by atoms with van der Waals surface area (Å²) in [5.74, 6) is 0.718. The summed E-state index contributed by atoms with van der Waals surface area (Å²) in [5.41, 5.74) is 1.49. The fraction of sp³-hybridized carbons (Fsp3) is 0.421. The van der Waals surface area contributed by atoms with Gasteiger partial charge in [0.15, 0.2) is 12.4 Å². The maximum absolute atomic E-state index is 12.4. The van der Waals surface area contributed by atoms with Crippen LogP contribution in [-0.4, -0.2) is 40.5 Å². The Morgan fingerprint density at radius 1 is 1.12 bits per heavy atom. The molecule has 5 nitrogen and oxygen atoms in total. The number of amides is 1. The maximum Gasteiger partial charge on any atom is 0.260 e. The van der Waals surface area contributed by atoms with Crippen molar-refractivity contribution in [1.29, 1.82) is 0 Å². The van der Waals surface area contributed by atoms with Gasteiger partial charge in [0.2, 0.25) is 5.88 Å². The predicted molar refractivity (Wildman–Crippen MR) is 99.9 cm³/mol. The zero-order chi connectivity index (χ0) is 18.2. The van der Waals surface area contributed by atoms with E-state index in [2.05, 4.69) is 9.97 Å². The SMILES string of the molecule is CCCN(CCC)C(=O)COc1nc(-c2ccccc2)nc(C)c1Cl. The summed E-state index contributed by atoms with van der Waals surface area (Å²) in [6, 6.07) is 9.60. The quantitative estimate of drug-likeness (QED) is 0.709. The summed E-state index contributed by atoms with van der Waals surface area (Å²) >= 11 is 6.26. The first-order valence-corrected chi connectivity index (χ1v) is 8.94. The molecule has 0 spiro atoms. The third-order valence-electron chi connectivity index (χ3n) is 3.69. The number of carbonyl (C=O) groups is 1. The molecule has 2 rings (SSSR count). The third-order valence-corrected chi connectivity index (χ3v) is 4.13. The van der Waals surface area contributed by atoms with Crippen LogP contribution in [0.5, 0.6) is 5.88 Å². The van der Waals surface area contributed by atoms with Gasteiger partial charge >= 0.3 is 0 Å². The van der Waals surface area contributed by atoms with Crippen LogP contribution in [0.3, 0.4) is 0 Å². The summed E-state index contributed by atoms with van der Waals surface area (Å²) in [4.78, 5) is 23.0. The lowest BCUT2D eigenvalue weighted by Crippen LogP contribution is -2.36. The van der Waals surface area contributed by atoms with E-state index >= 15 is 0 Å². The fourth-order valence-corrected chi connectivity index (χ4v) is 2.61. The van der Waals surface area contributed by atoms with Crippen molar-refractivity contribution in [1.82, 2.24) is 14.9 Å². The molecule has 0 saturated heterocycles. The topological polar surface area (TPSA) is 55.3 Å². The van der Waals surface area contributed by atoms with E-state index in [0.717, 1.165) is 31.5 Å². The van der Waals surface area contributed by atoms with Crippen LogP contribution in [0.2, 0.25) is 5.02 Å². The maximum atomic E-state index is 12.4. The number of halogens is 1. The minimum Gasteiger partial charge on any atom is -0.466 e. The van der Waals surface area contributed by atoms with Gasteiger partial charge in [-0.1, -0.05) is 55.8 Å². The van der Waals surface area contributed by atoms with E-state index in [9.17, 15) is 4.79 Å². The molecule has 1 aromatic heterocycles. The highest BCUT2D eigenvalue weighted by Gasteiger charge is 2.16. The molecular weight excluding hydrogens is 338 g/mol. The Morgan fingerprint density at radius 2 is 1.76 bits per heavy atom. The van der Waals surface area contributed by atoms with E-state index in [1.54, 1.807) is 11.8 Å². The zero-order valence-corrected chi connectivity index (χ0v) is 15.7.